The number of halogens is 1. The third-order valence-electron chi connectivity index (χ3n) is 4.10. The highest BCUT2D eigenvalue weighted by atomic mass is 32.2. The van der Waals surface area contributed by atoms with Crippen molar-refractivity contribution in [1.29, 1.82) is 0 Å². The van der Waals surface area contributed by atoms with Crippen LogP contribution < -0.4 is 0 Å². The van der Waals surface area contributed by atoms with Crippen molar-refractivity contribution >= 4 is 31.8 Å². The largest absolute Gasteiger partial charge is 0.351 e. The maximum absolute atomic E-state index is 14.5. The molecule has 0 amide bonds. The summed E-state index contributed by atoms with van der Waals surface area (Å²) in [6.45, 7) is 0. The molecule has 0 atom stereocenters. The zero-order valence-corrected chi connectivity index (χ0v) is 13.9. The van der Waals surface area contributed by atoms with Crippen LogP contribution in [0.2, 0.25) is 0 Å². The molecule has 0 aliphatic rings. The van der Waals surface area contributed by atoms with E-state index >= 15 is 0 Å². The molecule has 0 aliphatic carbocycles. The first kappa shape index (κ1) is 14.9. The lowest BCUT2D eigenvalue weighted by molar-refractivity contribution is 0.595. The molecule has 2 aromatic carbocycles. The smallest absolute Gasteiger partial charge is 0.225 e. The molecule has 7 heteroatoms. The summed E-state index contributed by atoms with van der Waals surface area (Å²) in [4.78, 5) is 6.71. The molecule has 0 saturated heterocycles. The fourth-order valence-electron chi connectivity index (χ4n) is 2.85. The topological polar surface area (TPSA) is 67.8 Å². The highest BCUT2D eigenvalue weighted by Crippen LogP contribution is 2.30. The quantitative estimate of drug-likeness (QED) is 0.607. The molecule has 4 aromatic rings. The molecule has 0 radical (unpaired) electrons. The number of benzene rings is 2. The van der Waals surface area contributed by atoms with Crippen LogP contribution in [0.15, 0.2) is 47.8 Å². The minimum absolute atomic E-state index is 0.160. The monoisotopic (exact) mass is 343 g/mol. The van der Waals surface area contributed by atoms with Gasteiger partial charge in [0.1, 0.15) is 5.82 Å². The van der Waals surface area contributed by atoms with Crippen molar-refractivity contribution < 1.29 is 12.8 Å². The maximum atomic E-state index is 14.5. The number of imidazole rings is 1. The van der Waals surface area contributed by atoms with Crippen LogP contribution in [0.4, 0.5) is 4.39 Å². The van der Waals surface area contributed by atoms with Gasteiger partial charge >= 0.3 is 0 Å². The number of H-pyrrole nitrogens is 1. The lowest BCUT2D eigenvalue weighted by Crippen LogP contribution is -1.98. The molecule has 0 fully saturated rings. The Labute approximate surface area is 137 Å². The van der Waals surface area contributed by atoms with Gasteiger partial charge in [0, 0.05) is 42.0 Å². The van der Waals surface area contributed by atoms with E-state index in [4.69, 9.17) is 0 Å². The third-order valence-corrected chi connectivity index (χ3v) is 4.99. The van der Waals surface area contributed by atoms with Crippen LogP contribution in [0.1, 0.15) is 0 Å². The number of hydrogen-bond donors (Lipinski definition) is 1. The van der Waals surface area contributed by atoms with Gasteiger partial charge in [-0.15, -0.1) is 0 Å². The van der Waals surface area contributed by atoms with E-state index in [2.05, 4.69) is 9.97 Å². The summed E-state index contributed by atoms with van der Waals surface area (Å²) < 4.78 is 39.7. The Morgan fingerprint density at radius 2 is 1.96 bits per heavy atom. The Morgan fingerprint density at radius 3 is 2.71 bits per heavy atom. The van der Waals surface area contributed by atoms with Crippen molar-refractivity contribution in [2.75, 3.05) is 6.26 Å². The number of hydrogen-bond acceptors (Lipinski definition) is 3. The standard InChI is InChI=1S/C17H14FN3O2S/c1-21-6-5-11-7-10(3-4-16(11)21)12-8-14-15(9-13(12)18)20-17(19-14)24(2,22)23/h3-9H,1-2H3,(H,19,20). The van der Waals surface area contributed by atoms with E-state index in [1.54, 1.807) is 6.07 Å². The first-order valence-electron chi connectivity index (χ1n) is 7.28. The summed E-state index contributed by atoms with van der Waals surface area (Å²) in [6.07, 6.45) is 3.01. The van der Waals surface area contributed by atoms with Gasteiger partial charge < -0.3 is 9.55 Å². The minimum Gasteiger partial charge on any atom is -0.351 e. The van der Waals surface area contributed by atoms with E-state index in [9.17, 15) is 12.8 Å². The number of nitrogens with one attached hydrogen (secondary N) is 1. The predicted molar refractivity (Wildman–Crippen MR) is 91.1 cm³/mol. The van der Waals surface area contributed by atoms with E-state index in [1.807, 2.05) is 42.1 Å². The zero-order chi connectivity index (χ0) is 17.1. The van der Waals surface area contributed by atoms with Crippen LogP contribution in [-0.4, -0.2) is 29.2 Å². The molecule has 4 rings (SSSR count). The molecule has 0 unspecified atom stereocenters. The average molecular weight is 343 g/mol. The number of rotatable bonds is 2. The number of sulfone groups is 1. The molecule has 5 nitrogen and oxygen atoms in total. The van der Waals surface area contributed by atoms with E-state index in [0.29, 0.717) is 16.6 Å². The van der Waals surface area contributed by atoms with Crippen molar-refractivity contribution in [3.63, 3.8) is 0 Å². The first-order chi connectivity index (χ1) is 11.3. The van der Waals surface area contributed by atoms with E-state index in [0.717, 1.165) is 22.7 Å². The molecule has 0 bridgehead atoms. The van der Waals surface area contributed by atoms with E-state index in [1.165, 1.54) is 6.07 Å². The third kappa shape index (κ3) is 2.28. The number of aromatic amines is 1. The second kappa shape index (κ2) is 4.91. The molecule has 2 aromatic heterocycles. The minimum atomic E-state index is -3.47. The van der Waals surface area contributed by atoms with Crippen LogP contribution in [0.5, 0.6) is 0 Å². The lowest BCUT2D eigenvalue weighted by Gasteiger charge is -2.05. The summed E-state index contributed by atoms with van der Waals surface area (Å²) in [7, 11) is -1.52. The number of fused-ring (bicyclic) bond motifs is 2. The molecular formula is C17H14FN3O2S. The molecule has 0 spiro atoms. The van der Waals surface area contributed by atoms with Gasteiger partial charge in [-0.2, -0.15) is 0 Å². The second-order valence-electron chi connectivity index (χ2n) is 5.86. The van der Waals surface area contributed by atoms with Crippen LogP contribution in [0, 0.1) is 5.82 Å². The maximum Gasteiger partial charge on any atom is 0.225 e. The SMILES string of the molecule is Cn1ccc2cc(-c3cc4nc(S(C)(=O)=O)[nH]c4cc3F)ccc21. The Kier molecular flexibility index (Phi) is 3.05. The average Bonchev–Trinajstić information content (AvgIpc) is 3.09. The molecule has 122 valence electrons. The normalized spacial score (nSPS) is 12.3. The highest BCUT2D eigenvalue weighted by Gasteiger charge is 2.16. The number of aryl methyl sites for hydroxylation is 1. The molecule has 2 heterocycles. The fourth-order valence-corrected chi connectivity index (χ4v) is 3.41. The molecule has 1 N–H and O–H groups in total. The first-order valence-corrected chi connectivity index (χ1v) is 9.17. The van der Waals surface area contributed by atoms with Crippen molar-refractivity contribution in [3.05, 3.63) is 48.4 Å². The molecular weight excluding hydrogens is 329 g/mol. The van der Waals surface area contributed by atoms with Crippen LogP contribution in [0.3, 0.4) is 0 Å². The lowest BCUT2D eigenvalue weighted by atomic mass is 10.0. The number of nitrogens with zero attached hydrogens (tertiary/aromatic N) is 2. The summed E-state index contributed by atoms with van der Waals surface area (Å²) in [5.74, 6) is -0.429. The van der Waals surface area contributed by atoms with Gasteiger partial charge in [-0.25, -0.2) is 17.8 Å². The summed E-state index contributed by atoms with van der Waals surface area (Å²) >= 11 is 0. The van der Waals surface area contributed by atoms with Gasteiger partial charge in [0.15, 0.2) is 0 Å². The summed E-state index contributed by atoms with van der Waals surface area (Å²) in [5.41, 5.74) is 2.94. The molecule has 0 aliphatic heterocycles. The van der Waals surface area contributed by atoms with Gasteiger partial charge in [0.05, 0.1) is 11.0 Å². The summed E-state index contributed by atoms with van der Waals surface area (Å²) in [6, 6.07) is 10.5. The molecule has 0 saturated carbocycles. The second-order valence-corrected chi connectivity index (χ2v) is 7.79. The van der Waals surface area contributed by atoms with Crippen molar-refractivity contribution in [1.82, 2.24) is 14.5 Å². The van der Waals surface area contributed by atoms with Crippen LogP contribution in [0.25, 0.3) is 33.1 Å². The van der Waals surface area contributed by atoms with Gasteiger partial charge in [-0.3, -0.25) is 0 Å². The zero-order valence-electron chi connectivity index (χ0n) is 13.0. The van der Waals surface area contributed by atoms with Gasteiger partial charge in [0.2, 0.25) is 15.0 Å². The van der Waals surface area contributed by atoms with Crippen molar-refractivity contribution in [2.45, 2.75) is 5.16 Å². The predicted octanol–water partition coefficient (Wildman–Crippen LogP) is 3.26. The summed E-state index contributed by atoms with van der Waals surface area (Å²) in [5, 5.41) is 0.848. The Morgan fingerprint density at radius 1 is 1.17 bits per heavy atom. The van der Waals surface area contributed by atoms with Gasteiger partial charge in [-0.05, 0) is 29.8 Å². The number of aromatic nitrogens is 3. The Bertz CT molecular complexity index is 1210. The van der Waals surface area contributed by atoms with Crippen molar-refractivity contribution in [2.24, 2.45) is 7.05 Å². The van der Waals surface area contributed by atoms with E-state index < -0.39 is 15.7 Å². The Balaban J connectivity index is 1.92. The van der Waals surface area contributed by atoms with E-state index in [-0.39, 0.29) is 5.16 Å². The molecule has 24 heavy (non-hydrogen) atoms. The van der Waals surface area contributed by atoms with Crippen LogP contribution in [-0.2, 0) is 16.9 Å². The highest BCUT2D eigenvalue weighted by molar-refractivity contribution is 7.90. The fraction of sp³-hybridized carbons (Fsp3) is 0.118. The van der Waals surface area contributed by atoms with Crippen molar-refractivity contribution in [3.8, 4) is 11.1 Å². The Hall–Kier alpha value is -2.67. The van der Waals surface area contributed by atoms with Gasteiger partial charge in [0.25, 0.3) is 0 Å². The van der Waals surface area contributed by atoms with Gasteiger partial charge in [-0.1, -0.05) is 6.07 Å². The van der Waals surface area contributed by atoms with Crippen LogP contribution >= 0.6 is 0 Å².